The zero-order chi connectivity index (χ0) is 16.1. The van der Waals surface area contributed by atoms with Gasteiger partial charge in [-0.15, -0.1) is 0 Å². The van der Waals surface area contributed by atoms with E-state index in [1.54, 1.807) is 13.8 Å². The number of nitrogens with zero attached hydrogens (tertiary/aromatic N) is 2. The molecule has 8 heteroatoms. The van der Waals surface area contributed by atoms with E-state index in [-0.39, 0.29) is 6.54 Å². The largest absolute Gasteiger partial charge is 0.481 e. The molecular formula is C13H26N2O5S. The van der Waals surface area contributed by atoms with Crippen LogP contribution in [0.5, 0.6) is 0 Å². The Balaban J connectivity index is 2.99. The van der Waals surface area contributed by atoms with Crippen LogP contribution in [0.1, 0.15) is 33.1 Å². The molecule has 1 heterocycles. The fourth-order valence-electron chi connectivity index (χ4n) is 2.78. The van der Waals surface area contributed by atoms with Gasteiger partial charge >= 0.3 is 5.97 Å². The number of hydrogen-bond donors (Lipinski definition) is 1. The molecular weight excluding hydrogens is 296 g/mol. The zero-order valence-electron chi connectivity index (χ0n) is 13.0. The SMILES string of the molecule is CCN(CC)S(=O)(=O)N1CCCC(CCOC)(C(=O)O)C1. The second kappa shape index (κ2) is 7.53. The average Bonchev–Trinajstić information content (AvgIpc) is 2.46. The second-order valence-electron chi connectivity index (χ2n) is 5.36. The molecule has 7 nitrogen and oxygen atoms in total. The Kier molecular flexibility index (Phi) is 6.58. The molecule has 0 aliphatic carbocycles. The summed E-state index contributed by atoms with van der Waals surface area (Å²) in [4.78, 5) is 11.7. The minimum absolute atomic E-state index is 0.0184. The van der Waals surface area contributed by atoms with Crippen LogP contribution in [0.3, 0.4) is 0 Å². The smallest absolute Gasteiger partial charge is 0.311 e. The second-order valence-corrected chi connectivity index (χ2v) is 7.29. The molecule has 1 fully saturated rings. The third-order valence-electron chi connectivity index (χ3n) is 4.14. The number of hydrogen-bond acceptors (Lipinski definition) is 4. The number of carboxylic acids is 1. The van der Waals surface area contributed by atoms with Gasteiger partial charge in [-0.2, -0.15) is 17.0 Å². The Bertz CT molecular complexity index is 449. The Morgan fingerprint density at radius 3 is 2.48 bits per heavy atom. The van der Waals surface area contributed by atoms with Crippen LogP contribution < -0.4 is 0 Å². The minimum Gasteiger partial charge on any atom is -0.481 e. The van der Waals surface area contributed by atoms with E-state index in [4.69, 9.17) is 4.74 Å². The van der Waals surface area contributed by atoms with Crippen LogP contribution in [0, 0.1) is 5.41 Å². The minimum atomic E-state index is -3.59. The topological polar surface area (TPSA) is 87.2 Å². The lowest BCUT2D eigenvalue weighted by atomic mass is 9.78. The van der Waals surface area contributed by atoms with E-state index in [1.165, 1.54) is 15.7 Å². The van der Waals surface area contributed by atoms with Crippen LogP contribution in [-0.2, 0) is 19.7 Å². The molecule has 21 heavy (non-hydrogen) atoms. The van der Waals surface area contributed by atoms with Gasteiger partial charge in [-0.05, 0) is 19.3 Å². The molecule has 1 rings (SSSR count). The summed E-state index contributed by atoms with van der Waals surface area (Å²) in [7, 11) is -2.07. The van der Waals surface area contributed by atoms with Crippen LogP contribution in [-0.4, -0.2) is 68.0 Å². The van der Waals surface area contributed by atoms with Gasteiger partial charge in [-0.1, -0.05) is 13.8 Å². The van der Waals surface area contributed by atoms with E-state index in [9.17, 15) is 18.3 Å². The highest BCUT2D eigenvalue weighted by atomic mass is 32.2. The van der Waals surface area contributed by atoms with Crippen molar-refractivity contribution in [2.75, 3.05) is 39.9 Å². The summed E-state index contributed by atoms with van der Waals surface area (Å²) in [5.74, 6) is -0.945. The number of aliphatic carboxylic acids is 1. The first-order valence-electron chi connectivity index (χ1n) is 7.31. The Hall–Kier alpha value is -0.700. The number of carboxylic acid groups (broad SMARTS) is 1. The number of piperidine rings is 1. The highest BCUT2D eigenvalue weighted by Gasteiger charge is 2.45. The van der Waals surface area contributed by atoms with Gasteiger partial charge in [0.2, 0.25) is 0 Å². The molecule has 0 radical (unpaired) electrons. The van der Waals surface area contributed by atoms with Gasteiger partial charge in [-0.3, -0.25) is 4.79 Å². The highest BCUT2D eigenvalue weighted by molar-refractivity contribution is 7.86. The molecule has 124 valence electrons. The van der Waals surface area contributed by atoms with Gasteiger partial charge in [0, 0.05) is 39.9 Å². The van der Waals surface area contributed by atoms with Crippen LogP contribution in [0.25, 0.3) is 0 Å². The maximum Gasteiger partial charge on any atom is 0.311 e. The van der Waals surface area contributed by atoms with E-state index < -0.39 is 21.6 Å². The third-order valence-corrected chi connectivity index (χ3v) is 6.27. The average molecular weight is 322 g/mol. The molecule has 0 spiro atoms. The van der Waals surface area contributed by atoms with Crippen molar-refractivity contribution in [2.45, 2.75) is 33.1 Å². The monoisotopic (exact) mass is 322 g/mol. The van der Waals surface area contributed by atoms with Crippen molar-refractivity contribution < 1.29 is 23.1 Å². The van der Waals surface area contributed by atoms with E-state index in [0.29, 0.717) is 45.5 Å². The molecule has 0 aromatic heterocycles. The van der Waals surface area contributed by atoms with Gasteiger partial charge in [0.15, 0.2) is 0 Å². The predicted molar refractivity (Wildman–Crippen MR) is 79.2 cm³/mol. The van der Waals surface area contributed by atoms with E-state index >= 15 is 0 Å². The summed E-state index contributed by atoms with van der Waals surface area (Å²) in [6.45, 7) is 5.03. The van der Waals surface area contributed by atoms with E-state index in [2.05, 4.69) is 0 Å². The lowest BCUT2D eigenvalue weighted by molar-refractivity contribution is -0.152. The Morgan fingerprint density at radius 1 is 1.38 bits per heavy atom. The van der Waals surface area contributed by atoms with Crippen LogP contribution in [0.4, 0.5) is 0 Å². The first kappa shape index (κ1) is 18.3. The molecule has 0 saturated carbocycles. The lowest BCUT2D eigenvalue weighted by Crippen LogP contribution is -2.54. The fraction of sp³-hybridized carbons (Fsp3) is 0.923. The predicted octanol–water partition coefficient (Wildman–Crippen LogP) is 0.776. The van der Waals surface area contributed by atoms with Gasteiger partial charge in [0.1, 0.15) is 0 Å². The maximum atomic E-state index is 12.6. The van der Waals surface area contributed by atoms with Crippen LogP contribution in [0.2, 0.25) is 0 Å². The van der Waals surface area contributed by atoms with Gasteiger partial charge < -0.3 is 9.84 Å². The van der Waals surface area contributed by atoms with Crippen molar-refractivity contribution in [1.82, 2.24) is 8.61 Å². The molecule has 0 aromatic carbocycles. The van der Waals surface area contributed by atoms with Gasteiger partial charge in [0.05, 0.1) is 5.41 Å². The summed E-state index contributed by atoms with van der Waals surface area (Å²) >= 11 is 0. The number of rotatable bonds is 8. The summed E-state index contributed by atoms with van der Waals surface area (Å²) in [6, 6.07) is 0. The van der Waals surface area contributed by atoms with E-state index in [1.807, 2.05) is 0 Å². The summed E-state index contributed by atoms with van der Waals surface area (Å²) in [5, 5.41) is 9.56. The van der Waals surface area contributed by atoms with Crippen molar-refractivity contribution in [3.63, 3.8) is 0 Å². The summed E-state index contributed by atoms with van der Waals surface area (Å²) in [6.07, 6.45) is 1.36. The third kappa shape index (κ3) is 3.94. The molecule has 1 unspecified atom stereocenters. The molecule has 1 saturated heterocycles. The maximum absolute atomic E-state index is 12.6. The van der Waals surface area contributed by atoms with Crippen molar-refractivity contribution in [3.8, 4) is 0 Å². The van der Waals surface area contributed by atoms with Crippen molar-refractivity contribution in [2.24, 2.45) is 5.41 Å². The fourth-order valence-corrected chi connectivity index (χ4v) is 4.53. The molecule has 1 aliphatic heterocycles. The highest BCUT2D eigenvalue weighted by Crippen LogP contribution is 2.35. The lowest BCUT2D eigenvalue weighted by Gasteiger charge is -2.40. The summed E-state index contributed by atoms with van der Waals surface area (Å²) < 4.78 is 32.8. The van der Waals surface area contributed by atoms with E-state index in [0.717, 1.165) is 0 Å². The molecule has 1 aliphatic rings. The number of methoxy groups -OCH3 is 1. The van der Waals surface area contributed by atoms with Gasteiger partial charge in [0.25, 0.3) is 10.2 Å². The first-order chi connectivity index (χ1) is 9.84. The van der Waals surface area contributed by atoms with Crippen LogP contribution in [0.15, 0.2) is 0 Å². The van der Waals surface area contributed by atoms with Crippen LogP contribution >= 0.6 is 0 Å². The first-order valence-corrected chi connectivity index (χ1v) is 8.71. The Labute approximate surface area is 127 Å². The van der Waals surface area contributed by atoms with Gasteiger partial charge in [-0.25, -0.2) is 0 Å². The number of ether oxygens (including phenoxy) is 1. The molecule has 1 atom stereocenters. The molecule has 0 bridgehead atoms. The Morgan fingerprint density at radius 2 is 2.00 bits per heavy atom. The zero-order valence-corrected chi connectivity index (χ0v) is 13.9. The van der Waals surface area contributed by atoms with Crippen molar-refractivity contribution in [3.05, 3.63) is 0 Å². The van der Waals surface area contributed by atoms with Crippen molar-refractivity contribution in [1.29, 1.82) is 0 Å². The summed E-state index contributed by atoms with van der Waals surface area (Å²) in [5.41, 5.74) is -1.05. The molecule has 0 aromatic rings. The number of carbonyl (C=O) groups is 1. The normalized spacial score (nSPS) is 24.4. The van der Waals surface area contributed by atoms with Crippen molar-refractivity contribution >= 4 is 16.2 Å². The standard InChI is InChI=1S/C13H26N2O5S/c1-4-14(5-2)21(18,19)15-9-6-7-13(11-15,12(16)17)8-10-20-3/h4-11H2,1-3H3,(H,16,17). The molecule has 1 N–H and O–H groups in total. The quantitative estimate of drug-likeness (QED) is 0.713. The molecule has 0 amide bonds.